The third-order valence-electron chi connectivity index (χ3n) is 2.70. The first-order valence-corrected chi connectivity index (χ1v) is 6.00. The smallest absolute Gasteiger partial charge is 0.290 e. The lowest BCUT2D eigenvalue weighted by atomic mass is 10.1. The van der Waals surface area contributed by atoms with Crippen LogP contribution in [0, 0.1) is 5.82 Å². The number of nitrogens with two attached hydrogens (primary N) is 2. The van der Waals surface area contributed by atoms with E-state index in [1.54, 1.807) is 6.07 Å². The van der Waals surface area contributed by atoms with Crippen LogP contribution in [0.4, 0.5) is 4.39 Å². The van der Waals surface area contributed by atoms with E-state index in [1.165, 1.54) is 24.3 Å². The topological polar surface area (TPSA) is 141 Å². The minimum Gasteiger partial charge on any atom is -0.367 e. The molecule has 9 heteroatoms. The lowest BCUT2D eigenvalue weighted by Gasteiger charge is -2.09. The molecule has 0 bridgehead atoms. The molecule has 2 rings (SSSR count). The van der Waals surface area contributed by atoms with E-state index >= 15 is 0 Å². The van der Waals surface area contributed by atoms with E-state index in [0.29, 0.717) is 5.56 Å². The molecular formula is C13H11FN4O4. The van der Waals surface area contributed by atoms with E-state index in [4.69, 9.17) is 16.0 Å². The maximum absolute atomic E-state index is 13.1. The second-order valence-electron chi connectivity index (χ2n) is 4.30. The first kappa shape index (κ1) is 15.2. The van der Waals surface area contributed by atoms with Crippen molar-refractivity contribution in [3.63, 3.8) is 0 Å². The van der Waals surface area contributed by atoms with Crippen molar-refractivity contribution in [2.24, 2.45) is 11.5 Å². The summed E-state index contributed by atoms with van der Waals surface area (Å²) >= 11 is 0. The number of carbonyl (C=O) groups is 3. The van der Waals surface area contributed by atoms with Crippen molar-refractivity contribution >= 4 is 17.7 Å². The molecule has 2 aromatic rings. The number of halogens is 1. The summed E-state index contributed by atoms with van der Waals surface area (Å²) in [4.78, 5) is 33.8. The maximum Gasteiger partial charge on any atom is 0.290 e. The van der Waals surface area contributed by atoms with Gasteiger partial charge in [0.25, 0.3) is 5.91 Å². The summed E-state index contributed by atoms with van der Waals surface area (Å²) < 4.78 is 17.9. The summed E-state index contributed by atoms with van der Waals surface area (Å²) in [5, 5.41) is 5.62. The highest BCUT2D eigenvalue weighted by molar-refractivity contribution is 6.07. The van der Waals surface area contributed by atoms with Crippen molar-refractivity contribution in [3.8, 4) is 11.3 Å². The molecular weight excluding hydrogens is 295 g/mol. The zero-order valence-corrected chi connectivity index (χ0v) is 11.1. The Hall–Kier alpha value is -3.23. The monoisotopic (exact) mass is 306 g/mol. The van der Waals surface area contributed by atoms with Crippen molar-refractivity contribution in [2.75, 3.05) is 0 Å². The van der Waals surface area contributed by atoms with Gasteiger partial charge in [0.15, 0.2) is 6.04 Å². The van der Waals surface area contributed by atoms with Gasteiger partial charge in [0, 0.05) is 11.6 Å². The number of carbonyl (C=O) groups excluding carboxylic acids is 3. The van der Waals surface area contributed by atoms with Crippen LogP contribution in [0.3, 0.4) is 0 Å². The van der Waals surface area contributed by atoms with Gasteiger partial charge in [0.05, 0.1) is 0 Å². The molecule has 1 aromatic heterocycles. The molecule has 8 nitrogen and oxygen atoms in total. The average Bonchev–Trinajstić information content (AvgIpc) is 2.93. The fourth-order valence-corrected chi connectivity index (χ4v) is 1.65. The zero-order valence-electron chi connectivity index (χ0n) is 11.1. The second-order valence-corrected chi connectivity index (χ2v) is 4.30. The standard InChI is InChI=1S/C13H11FN4O4/c14-7-3-1-2-6(4-7)8-5-9(22-18-8)13(21)17-10(11(15)19)12(16)20/h1-5,10H,(H2,15,19)(H2,16,20)(H,17,21). The van der Waals surface area contributed by atoms with Gasteiger partial charge < -0.3 is 21.3 Å². The Morgan fingerprint density at radius 1 is 1.18 bits per heavy atom. The predicted octanol–water partition coefficient (Wildman–Crippen LogP) is -0.450. The molecule has 5 N–H and O–H groups in total. The number of hydrogen-bond donors (Lipinski definition) is 3. The van der Waals surface area contributed by atoms with Crippen LogP contribution in [0.15, 0.2) is 34.9 Å². The third kappa shape index (κ3) is 3.26. The van der Waals surface area contributed by atoms with Gasteiger partial charge in [-0.3, -0.25) is 14.4 Å². The number of nitrogens with one attached hydrogen (secondary N) is 1. The summed E-state index contributed by atoms with van der Waals surface area (Å²) in [6.45, 7) is 0. The summed E-state index contributed by atoms with van der Waals surface area (Å²) in [6.07, 6.45) is 0. The first-order valence-electron chi connectivity index (χ1n) is 6.00. The summed E-state index contributed by atoms with van der Waals surface area (Å²) in [6, 6.07) is 5.04. The quantitative estimate of drug-likeness (QED) is 0.641. The van der Waals surface area contributed by atoms with Crippen LogP contribution in [-0.4, -0.2) is 28.9 Å². The number of hydrogen-bond acceptors (Lipinski definition) is 5. The summed E-state index contributed by atoms with van der Waals surface area (Å²) in [5.74, 6) is -3.88. The summed E-state index contributed by atoms with van der Waals surface area (Å²) in [7, 11) is 0. The van der Waals surface area contributed by atoms with Gasteiger partial charge in [0.1, 0.15) is 11.5 Å². The van der Waals surface area contributed by atoms with E-state index in [0.717, 1.165) is 0 Å². The van der Waals surface area contributed by atoms with E-state index in [-0.39, 0.29) is 11.5 Å². The molecule has 0 saturated carbocycles. The molecule has 1 heterocycles. The Bertz CT molecular complexity index is 729. The number of rotatable bonds is 5. The Labute approximate surface area is 123 Å². The van der Waals surface area contributed by atoms with Crippen LogP contribution in [0.25, 0.3) is 11.3 Å². The predicted molar refractivity (Wildman–Crippen MR) is 71.5 cm³/mol. The Balaban J connectivity index is 2.19. The van der Waals surface area contributed by atoms with Crippen LogP contribution in [0.1, 0.15) is 10.6 Å². The molecule has 0 atom stereocenters. The van der Waals surface area contributed by atoms with Crippen LogP contribution >= 0.6 is 0 Å². The van der Waals surface area contributed by atoms with Crippen molar-refractivity contribution in [3.05, 3.63) is 41.9 Å². The minimum atomic E-state index is -1.67. The largest absolute Gasteiger partial charge is 0.367 e. The van der Waals surface area contributed by atoms with Crippen molar-refractivity contribution in [1.82, 2.24) is 10.5 Å². The van der Waals surface area contributed by atoms with Crippen LogP contribution < -0.4 is 16.8 Å². The van der Waals surface area contributed by atoms with Gasteiger partial charge >= 0.3 is 0 Å². The molecule has 3 amide bonds. The van der Waals surface area contributed by atoms with Crippen molar-refractivity contribution < 1.29 is 23.3 Å². The Morgan fingerprint density at radius 2 is 1.86 bits per heavy atom. The van der Waals surface area contributed by atoms with Crippen LogP contribution in [-0.2, 0) is 9.59 Å². The molecule has 0 unspecified atom stereocenters. The van der Waals surface area contributed by atoms with Crippen LogP contribution in [0.2, 0.25) is 0 Å². The van der Waals surface area contributed by atoms with E-state index < -0.39 is 29.6 Å². The van der Waals surface area contributed by atoms with Gasteiger partial charge in [-0.2, -0.15) is 0 Å². The van der Waals surface area contributed by atoms with Gasteiger partial charge in [0.2, 0.25) is 17.6 Å². The fraction of sp³-hybridized carbons (Fsp3) is 0.0769. The molecule has 1 aromatic carbocycles. The summed E-state index contributed by atoms with van der Waals surface area (Å²) in [5.41, 5.74) is 10.5. The number of benzene rings is 1. The number of amides is 3. The molecule has 0 saturated heterocycles. The second kappa shape index (κ2) is 6.04. The highest BCUT2D eigenvalue weighted by Gasteiger charge is 2.26. The molecule has 0 aliphatic rings. The van der Waals surface area contributed by atoms with Crippen molar-refractivity contribution in [1.29, 1.82) is 0 Å². The molecule has 0 aliphatic carbocycles. The molecule has 0 spiro atoms. The maximum atomic E-state index is 13.1. The highest BCUT2D eigenvalue weighted by Crippen LogP contribution is 2.19. The SMILES string of the molecule is NC(=O)C(NC(=O)c1cc(-c2cccc(F)c2)no1)C(N)=O. The first-order chi connectivity index (χ1) is 10.4. The van der Waals surface area contributed by atoms with Crippen molar-refractivity contribution in [2.45, 2.75) is 6.04 Å². The lowest BCUT2D eigenvalue weighted by molar-refractivity contribution is -0.128. The average molecular weight is 306 g/mol. The third-order valence-corrected chi connectivity index (χ3v) is 2.70. The molecule has 0 aliphatic heterocycles. The molecule has 114 valence electrons. The van der Waals surface area contributed by atoms with Gasteiger partial charge in [-0.15, -0.1) is 0 Å². The van der Waals surface area contributed by atoms with E-state index in [2.05, 4.69) is 5.16 Å². The molecule has 22 heavy (non-hydrogen) atoms. The molecule has 0 radical (unpaired) electrons. The van der Waals surface area contributed by atoms with Gasteiger partial charge in [-0.25, -0.2) is 4.39 Å². The number of nitrogens with zero attached hydrogens (tertiary/aromatic N) is 1. The molecule has 0 fully saturated rings. The van der Waals surface area contributed by atoms with E-state index in [9.17, 15) is 18.8 Å². The lowest BCUT2D eigenvalue weighted by Crippen LogP contribution is -2.52. The zero-order chi connectivity index (χ0) is 16.3. The highest BCUT2D eigenvalue weighted by atomic mass is 19.1. The Kier molecular flexibility index (Phi) is 4.16. The number of primary amides is 2. The minimum absolute atomic E-state index is 0.208. The normalized spacial score (nSPS) is 10.5. The number of aromatic nitrogens is 1. The van der Waals surface area contributed by atoms with E-state index in [1.807, 2.05) is 5.32 Å². The Morgan fingerprint density at radius 3 is 2.45 bits per heavy atom. The van der Waals surface area contributed by atoms with Gasteiger partial charge in [-0.1, -0.05) is 17.3 Å². The van der Waals surface area contributed by atoms with Crippen LogP contribution in [0.5, 0.6) is 0 Å². The fourth-order valence-electron chi connectivity index (χ4n) is 1.65. The van der Waals surface area contributed by atoms with Gasteiger partial charge in [-0.05, 0) is 12.1 Å².